The van der Waals surface area contributed by atoms with Crippen molar-refractivity contribution < 1.29 is 42.2 Å². The zero-order valence-electron chi connectivity index (χ0n) is 50.0. The molecule has 0 atom stereocenters. The van der Waals surface area contributed by atoms with Gasteiger partial charge in [-0.15, -0.1) is 34.0 Å². The summed E-state index contributed by atoms with van der Waals surface area (Å²) in [6.07, 6.45) is 21.3. The molecule has 4 aromatic carbocycles. The Hall–Kier alpha value is -10.5. The lowest BCUT2D eigenvalue weighted by Gasteiger charge is -2.19. The van der Waals surface area contributed by atoms with Crippen LogP contribution in [0.15, 0.2) is 199 Å². The first-order valence-electron chi connectivity index (χ1n) is 28.1. The van der Waals surface area contributed by atoms with Gasteiger partial charge in [0.15, 0.2) is 40.4 Å². The van der Waals surface area contributed by atoms with E-state index in [-0.39, 0.29) is 58.6 Å². The van der Waals surface area contributed by atoms with Crippen LogP contribution in [0.4, 0.5) is 20.2 Å². The molecular formula is C67H54BrF2N13O7S3. The number of aromatic nitrogens is 12. The normalized spacial score (nSPS) is 10.5. The van der Waals surface area contributed by atoms with E-state index in [1.165, 1.54) is 121 Å². The number of benzene rings is 4. The van der Waals surface area contributed by atoms with E-state index >= 15 is 0 Å². The molecule has 8 heterocycles. The van der Waals surface area contributed by atoms with Crippen molar-refractivity contribution in [3.63, 3.8) is 0 Å². The minimum absolute atomic E-state index is 0.0177. The van der Waals surface area contributed by atoms with Crippen molar-refractivity contribution in [2.75, 3.05) is 11.9 Å². The van der Waals surface area contributed by atoms with Crippen LogP contribution in [0.3, 0.4) is 0 Å². The van der Waals surface area contributed by atoms with E-state index in [1.54, 1.807) is 67.4 Å². The van der Waals surface area contributed by atoms with Crippen LogP contribution in [-0.4, -0.2) is 90.0 Å². The van der Waals surface area contributed by atoms with Crippen molar-refractivity contribution in [3.8, 4) is 34.5 Å². The number of halogens is 3. The highest BCUT2D eigenvalue weighted by Gasteiger charge is 2.17. The van der Waals surface area contributed by atoms with Gasteiger partial charge in [-0.05, 0) is 80.9 Å². The average molecular weight is 1370 g/mol. The van der Waals surface area contributed by atoms with E-state index in [0.29, 0.717) is 52.7 Å². The van der Waals surface area contributed by atoms with Gasteiger partial charge in [0, 0.05) is 91.0 Å². The first-order valence-corrected chi connectivity index (χ1v) is 31.6. The van der Waals surface area contributed by atoms with E-state index in [2.05, 4.69) is 75.7 Å². The molecule has 12 rings (SSSR count). The number of hydrogen-bond acceptors (Lipinski definition) is 23. The summed E-state index contributed by atoms with van der Waals surface area (Å²) in [6.45, 7) is 5.85. The zero-order chi connectivity index (χ0) is 65.5. The van der Waals surface area contributed by atoms with Crippen LogP contribution in [0.25, 0.3) is 0 Å². The maximum atomic E-state index is 13.8. The fourth-order valence-electron chi connectivity index (χ4n) is 8.31. The number of hydrogen-bond donors (Lipinski definition) is 0. The number of aryl methyl sites for hydroxylation is 3. The predicted octanol–water partition coefficient (Wildman–Crippen LogP) is 14.7. The van der Waals surface area contributed by atoms with Gasteiger partial charge in [0.25, 0.3) is 0 Å². The molecule has 20 nitrogen and oxygen atoms in total. The fourth-order valence-corrected chi connectivity index (χ4v) is 11.1. The Balaban J connectivity index is 0.000000146. The van der Waals surface area contributed by atoms with E-state index in [9.17, 15) is 28.0 Å². The average Bonchev–Trinajstić information content (AvgIpc) is 1.62. The van der Waals surface area contributed by atoms with Gasteiger partial charge in [-0.25, -0.2) is 63.6 Å². The van der Waals surface area contributed by atoms with E-state index in [4.69, 9.17) is 14.2 Å². The Kier molecular flexibility index (Phi) is 24.1. The lowest BCUT2D eigenvalue weighted by molar-refractivity contribution is 0.0983. The SMILES string of the molecule is CCc1csc(CC(=O)c2cc(F)cc(Oc3cncnc3)c2)n1.Cc1csc(CC(=O)c2cccc(N(C)c3cncnc3)c2)n1.Cc1csc(CC(=O)c2cccc(Oc3cncnc3)c2)n1.O=C(Cc1cc(Br)ccn1)c1cc(F)cc(Oc2cncnc2)c1. The monoisotopic (exact) mass is 1370 g/mol. The highest BCUT2D eigenvalue weighted by molar-refractivity contribution is 9.10. The standard InChI is InChI=1S/C17H11BrFN3O2.C17H14FN3O2S.C17H16N4OS.C16H13N3O2S/c18-12-1-2-22-14(5-12)7-17(23)11-3-13(19)6-15(4-11)24-16-8-20-10-21-9-16;1-2-13-9-24-17(21-13)6-16(22)11-3-12(18)5-14(4-11)23-15-7-19-10-20-8-15;1-12-10-23-17(20-12)7-16(22)13-4-3-5-14(6-13)21(2)15-8-18-11-19-9-15;1-11-9-22-16(19-11)6-15(20)12-3-2-4-13(5-12)21-14-7-17-10-18-8-14/h1-6,8-10H,7H2;3-5,7-10H,2,6H2,1H3;3-6,8-11H,7H2,1-2H3;2-5,7-10H,6H2,1H3. The van der Waals surface area contributed by atoms with Gasteiger partial charge in [-0.2, -0.15) is 0 Å². The van der Waals surface area contributed by atoms with Crippen molar-refractivity contribution in [3.05, 3.63) is 270 Å². The van der Waals surface area contributed by atoms with Gasteiger partial charge in [0.05, 0.1) is 86.6 Å². The Morgan fingerprint density at radius 1 is 0.452 bits per heavy atom. The minimum atomic E-state index is -0.560. The van der Waals surface area contributed by atoms with Gasteiger partial charge >= 0.3 is 0 Å². The summed E-state index contributed by atoms with van der Waals surface area (Å²) in [7, 11) is 1.92. The van der Waals surface area contributed by atoms with Crippen molar-refractivity contribution in [2.45, 2.75) is 52.9 Å². The summed E-state index contributed by atoms with van der Waals surface area (Å²) in [6, 6.07) is 25.9. The van der Waals surface area contributed by atoms with Crippen LogP contribution < -0.4 is 19.1 Å². The van der Waals surface area contributed by atoms with Crippen molar-refractivity contribution in [2.24, 2.45) is 0 Å². The molecule has 0 bridgehead atoms. The molecule has 0 fully saturated rings. The van der Waals surface area contributed by atoms with Crippen molar-refractivity contribution in [1.82, 2.24) is 59.8 Å². The molecule has 0 saturated heterocycles. The van der Waals surface area contributed by atoms with Crippen LogP contribution in [0.5, 0.6) is 34.5 Å². The van der Waals surface area contributed by atoms with Crippen LogP contribution in [0.2, 0.25) is 0 Å². The number of ether oxygens (including phenoxy) is 3. The van der Waals surface area contributed by atoms with Crippen LogP contribution in [0, 0.1) is 25.5 Å². The Morgan fingerprint density at radius 3 is 1.35 bits per heavy atom. The Bertz CT molecular complexity index is 4460. The van der Waals surface area contributed by atoms with Gasteiger partial charge in [-0.1, -0.05) is 47.1 Å². The molecule has 93 heavy (non-hydrogen) atoms. The summed E-state index contributed by atoms with van der Waals surface area (Å²) in [5, 5.41) is 8.23. The number of nitrogens with zero attached hydrogens (tertiary/aromatic N) is 13. The van der Waals surface area contributed by atoms with Crippen LogP contribution in [-0.2, 0) is 32.1 Å². The van der Waals surface area contributed by atoms with Gasteiger partial charge in [0.2, 0.25) is 0 Å². The molecule has 0 aliphatic rings. The van der Waals surface area contributed by atoms with E-state index < -0.39 is 11.6 Å². The summed E-state index contributed by atoms with van der Waals surface area (Å²) < 4.78 is 45.0. The lowest BCUT2D eigenvalue weighted by Crippen LogP contribution is -2.11. The molecule has 0 saturated carbocycles. The number of Topliss-reactive ketones (excluding diaryl/α,β-unsaturated/α-hetero) is 4. The summed E-state index contributed by atoms with van der Waals surface area (Å²) >= 11 is 7.78. The molecule has 0 aliphatic carbocycles. The van der Waals surface area contributed by atoms with Gasteiger partial charge < -0.3 is 19.1 Å². The number of thiazole rings is 3. The van der Waals surface area contributed by atoms with Crippen LogP contribution in [0.1, 0.15) is 86.2 Å². The van der Waals surface area contributed by atoms with Crippen LogP contribution >= 0.6 is 49.9 Å². The van der Waals surface area contributed by atoms with E-state index in [0.717, 1.165) is 54.4 Å². The molecule has 0 amide bonds. The van der Waals surface area contributed by atoms with E-state index in [1.807, 2.05) is 73.1 Å². The topological polar surface area (TPSA) is 254 Å². The van der Waals surface area contributed by atoms with Crippen molar-refractivity contribution in [1.29, 1.82) is 0 Å². The smallest absolute Gasteiger partial charge is 0.169 e. The third kappa shape index (κ3) is 21.0. The third-order valence-corrected chi connectivity index (χ3v) is 16.0. The predicted molar refractivity (Wildman–Crippen MR) is 351 cm³/mol. The minimum Gasteiger partial charge on any atom is -0.454 e. The summed E-state index contributed by atoms with van der Waals surface area (Å²) in [5.41, 5.74) is 6.96. The number of carbonyl (C=O) groups is 4. The Morgan fingerprint density at radius 2 is 0.882 bits per heavy atom. The molecular weight excluding hydrogens is 1310 g/mol. The summed E-state index contributed by atoms with van der Waals surface area (Å²) in [5.74, 6) is 0.786. The molecule has 0 aliphatic heterocycles. The third-order valence-electron chi connectivity index (χ3n) is 12.7. The molecule has 468 valence electrons. The molecule has 8 aromatic heterocycles. The fraction of sp³-hybridized carbons (Fsp3) is 0.134. The number of carbonyl (C=O) groups excluding carboxylic acids is 4. The molecule has 0 N–H and O–H groups in total. The maximum absolute atomic E-state index is 13.8. The number of ketones is 4. The molecule has 0 spiro atoms. The number of anilines is 2. The largest absolute Gasteiger partial charge is 0.454 e. The lowest BCUT2D eigenvalue weighted by atomic mass is 10.1. The highest BCUT2D eigenvalue weighted by Crippen LogP contribution is 2.28. The number of pyridine rings is 1. The Labute approximate surface area is 552 Å². The first-order chi connectivity index (χ1) is 45.1. The van der Waals surface area contributed by atoms with Gasteiger partial charge in [-0.3, -0.25) is 24.2 Å². The second-order valence-electron chi connectivity index (χ2n) is 19.8. The number of rotatable bonds is 21. The quantitative estimate of drug-likeness (QED) is 0.0606. The zero-order valence-corrected chi connectivity index (χ0v) is 54.1. The van der Waals surface area contributed by atoms with Gasteiger partial charge in [0.1, 0.15) is 69.2 Å². The molecule has 0 radical (unpaired) electrons. The molecule has 0 unspecified atom stereocenters. The highest BCUT2D eigenvalue weighted by atomic mass is 79.9. The molecule has 12 aromatic rings. The van der Waals surface area contributed by atoms with Crippen molar-refractivity contribution >= 4 is 84.4 Å². The maximum Gasteiger partial charge on any atom is 0.169 e. The second kappa shape index (κ2) is 33.5. The molecule has 26 heteroatoms. The summed E-state index contributed by atoms with van der Waals surface area (Å²) in [4.78, 5) is 99.7. The second-order valence-corrected chi connectivity index (χ2v) is 23.6. The first kappa shape index (κ1) is 66.9.